The fraction of sp³-hybridized carbons (Fsp3) is 0.667. The first-order valence-corrected chi connectivity index (χ1v) is 15.6. The molecule has 5 nitrogen and oxygen atoms in total. The number of nitrogens with zero attached hydrogens (tertiary/aromatic N) is 2. The van der Waals surface area contributed by atoms with Crippen LogP contribution in [0.5, 0.6) is 5.88 Å². The molecule has 38 heavy (non-hydrogen) atoms. The van der Waals surface area contributed by atoms with Gasteiger partial charge in [-0.15, -0.1) is 16.4 Å². The number of aryl methyl sites for hydroxylation is 2. The number of carbonyl (C=O) groups is 2. The fourth-order valence-corrected chi connectivity index (χ4v) is 7.55. The average molecular weight is 557 g/mol. The Hall–Kier alpha value is -1.93. The molecule has 0 unspecified atom stereocenters. The van der Waals surface area contributed by atoms with E-state index in [0.29, 0.717) is 42.9 Å². The second kappa shape index (κ2) is 10.9. The number of carbonyl (C=O) groups excluding carboxylic acids is 2. The summed E-state index contributed by atoms with van der Waals surface area (Å²) in [7, 11) is 1.94. The van der Waals surface area contributed by atoms with Crippen molar-refractivity contribution in [3.8, 4) is 5.88 Å². The summed E-state index contributed by atoms with van der Waals surface area (Å²) < 4.78 is 21.3. The molecule has 0 radical (unpaired) electrons. The summed E-state index contributed by atoms with van der Waals surface area (Å²) in [5, 5.41) is 4.50. The van der Waals surface area contributed by atoms with Crippen LogP contribution < -0.4 is 4.74 Å². The maximum Gasteiger partial charge on any atom is 0.233 e. The number of fused-ring (bicyclic) bond motifs is 1. The number of Topliss-reactive ketones (excluding diaryl/α,β-unsaturated/α-hetero) is 2. The number of ketones is 2. The minimum atomic E-state index is -0.989. The number of thiocarbonyl (C=S) groups is 1. The first-order valence-electron chi connectivity index (χ1n) is 14.3. The lowest BCUT2D eigenvalue weighted by molar-refractivity contribution is -0.119. The van der Waals surface area contributed by atoms with Gasteiger partial charge in [0.25, 0.3) is 0 Å². The molecule has 0 amide bonds. The quantitative estimate of drug-likeness (QED) is 0.204. The Labute approximate surface area is 233 Å². The van der Waals surface area contributed by atoms with Gasteiger partial charge in [0.1, 0.15) is 12.0 Å². The zero-order valence-corrected chi connectivity index (χ0v) is 23.8. The largest absolute Gasteiger partial charge is 0.476 e. The maximum absolute atomic E-state index is 13.6. The molecular weight excluding hydrogens is 519 g/mol. The van der Waals surface area contributed by atoms with Crippen LogP contribution in [0, 0.1) is 23.7 Å². The summed E-state index contributed by atoms with van der Waals surface area (Å²) in [6.45, 7) is 0.746. The van der Waals surface area contributed by atoms with Crippen molar-refractivity contribution in [2.24, 2.45) is 30.7 Å². The third kappa shape index (κ3) is 6.27. The number of rotatable bonds is 14. The van der Waals surface area contributed by atoms with E-state index in [-0.39, 0.29) is 18.0 Å². The number of thiophene rings is 1. The van der Waals surface area contributed by atoms with Crippen LogP contribution in [0.4, 0.5) is 4.39 Å². The lowest BCUT2D eigenvalue weighted by atomic mass is 9.82. The highest BCUT2D eigenvalue weighted by molar-refractivity contribution is 7.80. The molecule has 0 bridgehead atoms. The summed E-state index contributed by atoms with van der Waals surface area (Å²) in [6, 6.07) is 2.01. The molecule has 3 fully saturated rings. The molecule has 0 aliphatic heterocycles. The van der Waals surface area contributed by atoms with Crippen LogP contribution in [0.1, 0.15) is 89.2 Å². The third-order valence-corrected chi connectivity index (χ3v) is 10.3. The third-order valence-electron chi connectivity index (χ3n) is 8.67. The summed E-state index contributed by atoms with van der Waals surface area (Å²) >= 11 is 7.48. The number of aromatic nitrogens is 2. The smallest absolute Gasteiger partial charge is 0.233 e. The predicted octanol–water partition coefficient (Wildman–Crippen LogP) is 6.22. The van der Waals surface area contributed by atoms with E-state index < -0.39 is 12.1 Å². The molecule has 3 saturated carbocycles. The van der Waals surface area contributed by atoms with Gasteiger partial charge in [0.15, 0.2) is 5.78 Å². The molecule has 3 atom stereocenters. The average Bonchev–Trinajstić information content (AvgIpc) is 3.79. The second-order valence-electron chi connectivity index (χ2n) is 12.1. The highest BCUT2D eigenvalue weighted by Gasteiger charge is 2.43. The molecule has 4 aliphatic carbocycles. The van der Waals surface area contributed by atoms with E-state index in [9.17, 15) is 14.0 Å². The number of hydrogen-bond acceptors (Lipinski definition) is 6. The fourth-order valence-electron chi connectivity index (χ4n) is 5.79. The van der Waals surface area contributed by atoms with E-state index >= 15 is 0 Å². The van der Waals surface area contributed by atoms with E-state index in [1.54, 1.807) is 11.3 Å². The van der Waals surface area contributed by atoms with Crippen LogP contribution in [-0.2, 0) is 37.5 Å². The Balaban J connectivity index is 1.12. The summed E-state index contributed by atoms with van der Waals surface area (Å²) in [5.41, 5.74) is 3.02. The van der Waals surface area contributed by atoms with Gasteiger partial charge in [-0.2, -0.15) is 0 Å². The molecule has 0 spiro atoms. The Morgan fingerprint density at radius 1 is 1.16 bits per heavy atom. The van der Waals surface area contributed by atoms with Crippen LogP contribution in [0.3, 0.4) is 0 Å². The molecule has 204 valence electrons. The van der Waals surface area contributed by atoms with Crippen molar-refractivity contribution in [2.75, 3.05) is 6.61 Å². The zero-order chi connectivity index (χ0) is 26.4. The van der Waals surface area contributed by atoms with Crippen molar-refractivity contribution in [3.63, 3.8) is 0 Å². The van der Waals surface area contributed by atoms with Gasteiger partial charge in [-0.25, -0.2) is 4.39 Å². The molecular formula is C30H37FN2O3S2. The van der Waals surface area contributed by atoms with Crippen molar-refractivity contribution in [2.45, 2.75) is 89.6 Å². The van der Waals surface area contributed by atoms with Crippen LogP contribution >= 0.6 is 23.6 Å². The van der Waals surface area contributed by atoms with Crippen molar-refractivity contribution < 1.29 is 18.7 Å². The van der Waals surface area contributed by atoms with Crippen molar-refractivity contribution in [1.29, 1.82) is 0 Å². The first kappa shape index (κ1) is 26.3. The van der Waals surface area contributed by atoms with Crippen LogP contribution in [0.2, 0.25) is 0 Å². The molecule has 4 aliphatic rings. The standard InChI is InChI=1S/C30H37FN2O3S2/c1-33-20(13-29(32-33)36-16-18-4-5-18)12-21(37)10-19-7-9-27-23(11-19)30(25(34)8-6-17-2-3-17)28(38-27)15-26(35)22-14-24(22)31/h13,17-19,22,24H,2-12,14-16H2,1H3/t19-,22+,24+/m1/s1. The van der Waals surface area contributed by atoms with Gasteiger partial charge in [-0.3, -0.25) is 14.3 Å². The van der Waals surface area contributed by atoms with Crippen LogP contribution in [-0.4, -0.2) is 39.0 Å². The van der Waals surface area contributed by atoms with E-state index in [0.717, 1.165) is 65.3 Å². The normalized spacial score (nSPS) is 24.2. The van der Waals surface area contributed by atoms with Gasteiger partial charge >= 0.3 is 0 Å². The summed E-state index contributed by atoms with van der Waals surface area (Å²) in [6.07, 6.45) is 10.3. The van der Waals surface area contributed by atoms with Gasteiger partial charge in [0, 0.05) is 53.4 Å². The van der Waals surface area contributed by atoms with Crippen molar-refractivity contribution >= 4 is 40.0 Å². The Kier molecular flexibility index (Phi) is 7.55. The topological polar surface area (TPSA) is 61.2 Å². The molecule has 2 heterocycles. The molecule has 0 aromatic carbocycles. The maximum atomic E-state index is 13.6. The molecule has 8 heteroatoms. The lowest BCUT2D eigenvalue weighted by Gasteiger charge is -2.23. The Morgan fingerprint density at radius 3 is 2.63 bits per heavy atom. The van der Waals surface area contributed by atoms with Gasteiger partial charge in [-0.05, 0) is 79.5 Å². The van der Waals surface area contributed by atoms with Gasteiger partial charge in [-0.1, -0.05) is 25.1 Å². The lowest BCUT2D eigenvalue weighted by Crippen LogP contribution is -2.19. The number of alkyl halides is 1. The van der Waals surface area contributed by atoms with Crippen LogP contribution in [0.25, 0.3) is 0 Å². The SMILES string of the molecule is Cn1nc(OCC2CC2)cc1CC(=S)C[C@H]1CCc2sc(CC(=O)[C@H]3C[C@@H]3F)c(C(=O)CCC3CC3)c2C1. The monoisotopic (exact) mass is 556 g/mol. The molecule has 6 rings (SSSR count). The number of halogens is 1. The Bertz CT molecular complexity index is 1240. The van der Waals surface area contributed by atoms with Gasteiger partial charge < -0.3 is 4.74 Å². The summed E-state index contributed by atoms with van der Waals surface area (Å²) in [5.74, 6) is 2.13. The van der Waals surface area contributed by atoms with E-state index in [4.69, 9.17) is 17.0 Å². The molecule has 2 aromatic heterocycles. The molecule has 0 saturated heterocycles. The predicted molar refractivity (Wildman–Crippen MR) is 150 cm³/mol. The summed E-state index contributed by atoms with van der Waals surface area (Å²) in [4.78, 5) is 29.2. The highest BCUT2D eigenvalue weighted by atomic mass is 32.1. The van der Waals surface area contributed by atoms with Gasteiger partial charge in [0.05, 0.1) is 12.5 Å². The van der Waals surface area contributed by atoms with Crippen molar-refractivity contribution in [3.05, 3.63) is 32.6 Å². The Morgan fingerprint density at radius 2 is 1.92 bits per heavy atom. The van der Waals surface area contributed by atoms with E-state index in [2.05, 4.69) is 5.10 Å². The van der Waals surface area contributed by atoms with Crippen LogP contribution in [0.15, 0.2) is 6.07 Å². The minimum Gasteiger partial charge on any atom is -0.476 e. The first-order chi connectivity index (χ1) is 18.3. The number of hydrogen-bond donors (Lipinski definition) is 0. The number of ether oxygens (including phenoxy) is 1. The van der Waals surface area contributed by atoms with Gasteiger partial charge in [0.2, 0.25) is 5.88 Å². The highest BCUT2D eigenvalue weighted by Crippen LogP contribution is 2.42. The van der Waals surface area contributed by atoms with Crippen molar-refractivity contribution in [1.82, 2.24) is 9.78 Å². The molecule has 2 aromatic rings. The van der Waals surface area contributed by atoms with E-state index in [1.807, 2.05) is 17.8 Å². The second-order valence-corrected chi connectivity index (χ2v) is 13.9. The minimum absolute atomic E-state index is 0.0401. The molecule has 0 N–H and O–H groups in total. The zero-order valence-electron chi connectivity index (χ0n) is 22.2. The van der Waals surface area contributed by atoms with E-state index in [1.165, 1.54) is 30.6 Å².